The molecule has 0 aromatic heterocycles. The van der Waals surface area contributed by atoms with Gasteiger partial charge in [-0.25, -0.2) is 8.42 Å². The van der Waals surface area contributed by atoms with E-state index in [4.69, 9.17) is 10.7 Å². The first-order valence-electron chi connectivity index (χ1n) is 19.0. The lowest BCUT2D eigenvalue weighted by Gasteiger charge is -2.40. The molecule has 5 heterocycles. The van der Waals surface area contributed by atoms with Crippen molar-refractivity contribution in [2.45, 2.75) is 150 Å². The molecule has 5 aliphatic heterocycles. The highest BCUT2D eigenvalue weighted by Crippen LogP contribution is 2.48. The van der Waals surface area contributed by atoms with Crippen molar-refractivity contribution in [2.24, 2.45) is 47.3 Å². The van der Waals surface area contributed by atoms with Gasteiger partial charge in [0, 0.05) is 16.6 Å². The van der Waals surface area contributed by atoms with Gasteiger partial charge in [0.25, 0.3) is 10.1 Å². The maximum atomic E-state index is 13.3. The molecule has 8 bridgehead atoms. The van der Waals surface area contributed by atoms with Crippen molar-refractivity contribution >= 4 is 29.9 Å². The molecule has 13 nitrogen and oxygen atoms in total. The van der Waals surface area contributed by atoms with Gasteiger partial charge in [0.1, 0.15) is 10.5 Å². The summed E-state index contributed by atoms with van der Waals surface area (Å²) in [6.07, 6.45) is 14.7. The summed E-state index contributed by atoms with van der Waals surface area (Å²) in [5, 5.41) is 28.8. The summed E-state index contributed by atoms with van der Waals surface area (Å²) in [5.41, 5.74) is 0. The van der Waals surface area contributed by atoms with Crippen molar-refractivity contribution in [2.75, 3.05) is 0 Å². The first-order chi connectivity index (χ1) is 23.0. The minimum absolute atomic E-state index is 0.0251. The van der Waals surface area contributed by atoms with Crippen molar-refractivity contribution in [1.29, 1.82) is 0 Å². The molecule has 5 saturated heterocycles. The predicted octanol–water partition coefficient (Wildman–Crippen LogP) is 1.02. The van der Waals surface area contributed by atoms with Gasteiger partial charge >= 0.3 is 0 Å². The Kier molecular flexibility index (Phi) is 8.94. The number of hydrogen-bond acceptors (Lipinski definition) is 12. The van der Waals surface area contributed by atoms with Crippen molar-refractivity contribution < 1.29 is 21.4 Å². The molecule has 0 radical (unpaired) electrons. The zero-order valence-corrected chi connectivity index (χ0v) is 30.0. The molecule has 0 aromatic carbocycles. The van der Waals surface area contributed by atoms with E-state index in [1.54, 1.807) is 0 Å². The molecule has 0 aromatic rings. The van der Waals surface area contributed by atoms with Gasteiger partial charge in [0.05, 0.1) is 49.3 Å². The summed E-state index contributed by atoms with van der Waals surface area (Å²) in [6, 6.07) is 0. The predicted molar refractivity (Wildman–Crippen MR) is 182 cm³/mol. The van der Waals surface area contributed by atoms with Gasteiger partial charge in [0.15, 0.2) is 0 Å². The Bertz CT molecular complexity index is 1440. The van der Waals surface area contributed by atoms with Crippen LogP contribution in [0.1, 0.15) is 89.9 Å². The first-order valence-corrected chi connectivity index (χ1v) is 22.9. The van der Waals surface area contributed by atoms with Gasteiger partial charge in [-0.3, -0.25) is 47.1 Å². The molecule has 18 atom stereocenters. The molecule has 18 unspecified atom stereocenters. The van der Waals surface area contributed by atoms with E-state index < -0.39 is 41.8 Å². The standard InChI is InChI=1S/C32H55ClN8O5S2/c33-47(42,43)24-22(48(44,45)46)14-13-21-23(24)32-40-30-20-12-6-5-11-19(20)28(38-30)36-26-16-8-2-1-7-15(16)25(34-26)35-27-17-9-3-4-10-18(17)29(37-27)39-31(21)41-32/h15-32,34-41H,1-14H2,(H,44,45,46). The smallest absolute Gasteiger partial charge is 0.269 e. The van der Waals surface area contributed by atoms with Crippen molar-refractivity contribution in [1.82, 2.24) is 42.5 Å². The van der Waals surface area contributed by atoms with E-state index in [0.29, 0.717) is 41.9 Å². The minimum Gasteiger partial charge on any atom is -0.286 e. The maximum Gasteiger partial charge on any atom is 0.269 e. The van der Waals surface area contributed by atoms with Gasteiger partial charge in [-0.2, -0.15) is 8.42 Å². The second-order valence-corrected chi connectivity index (χ2v) is 21.2. The molecule has 4 aliphatic carbocycles. The zero-order valence-electron chi connectivity index (χ0n) is 27.6. The lowest BCUT2D eigenvalue weighted by atomic mass is 9.76. The van der Waals surface area contributed by atoms with Crippen LogP contribution in [-0.2, 0) is 19.2 Å². The van der Waals surface area contributed by atoms with Gasteiger partial charge < -0.3 is 0 Å². The fourth-order valence-corrected chi connectivity index (χ4v) is 16.6. The van der Waals surface area contributed by atoms with Gasteiger partial charge in [-0.05, 0) is 92.8 Å². The Morgan fingerprint density at radius 2 is 0.708 bits per heavy atom. The van der Waals surface area contributed by atoms with Crippen LogP contribution < -0.4 is 42.5 Å². The van der Waals surface area contributed by atoms with E-state index in [0.717, 1.165) is 25.7 Å². The fraction of sp³-hybridized carbons (Fsp3) is 1.00. The van der Waals surface area contributed by atoms with Crippen LogP contribution in [0.25, 0.3) is 0 Å². The Labute approximate surface area is 289 Å². The molecule has 9 rings (SSSR count). The summed E-state index contributed by atoms with van der Waals surface area (Å²) in [6.45, 7) is 0. The quantitative estimate of drug-likeness (QED) is 0.145. The van der Waals surface area contributed by atoms with Crippen molar-refractivity contribution in [3.63, 3.8) is 0 Å². The molecule has 9 N–H and O–H groups in total. The Morgan fingerprint density at radius 3 is 1.00 bits per heavy atom. The summed E-state index contributed by atoms with van der Waals surface area (Å²) >= 11 is 0. The van der Waals surface area contributed by atoms with Crippen LogP contribution in [0.3, 0.4) is 0 Å². The number of nitrogens with one attached hydrogen (secondary N) is 8. The third-order valence-electron chi connectivity index (χ3n) is 14.6. The fourth-order valence-electron chi connectivity index (χ4n) is 12.7. The lowest BCUT2D eigenvalue weighted by Crippen LogP contribution is -2.62. The van der Waals surface area contributed by atoms with Crippen molar-refractivity contribution in [3.05, 3.63) is 0 Å². The van der Waals surface area contributed by atoms with Gasteiger partial charge in [0.2, 0.25) is 9.05 Å². The largest absolute Gasteiger partial charge is 0.286 e. The SMILES string of the molecule is O=S(=O)(O)C1CCC2C3NC4NC(NC5NC(NC6NC(NC(N3)C2C1S(=O)(=O)Cl)C1CCCCC61)C1CCCCC51)C1CCCCC41. The molecular formula is C32H55ClN8O5S2. The van der Waals surface area contributed by atoms with Crippen LogP contribution in [0.2, 0.25) is 0 Å². The van der Waals surface area contributed by atoms with Crippen molar-refractivity contribution in [3.8, 4) is 0 Å². The molecule has 0 spiro atoms. The monoisotopic (exact) mass is 730 g/mol. The average molecular weight is 731 g/mol. The van der Waals surface area contributed by atoms with E-state index in [9.17, 15) is 21.4 Å². The first kappa shape index (κ1) is 33.7. The Hall–Kier alpha value is -0.170. The molecular weight excluding hydrogens is 676 g/mol. The summed E-state index contributed by atoms with van der Waals surface area (Å²) < 4.78 is 62.3. The van der Waals surface area contributed by atoms with Crippen LogP contribution in [0.15, 0.2) is 0 Å². The number of hydrogen-bond donors (Lipinski definition) is 9. The van der Waals surface area contributed by atoms with Crippen LogP contribution >= 0.6 is 10.7 Å². The minimum atomic E-state index is -4.65. The average Bonchev–Trinajstić information content (AvgIpc) is 3.79. The van der Waals surface area contributed by atoms with Crippen LogP contribution in [-0.4, -0.2) is 81.2 Å². The second-order valence-electron chi connectivity index (χ2n) is 16.8. The normalized spacial score (nSPS) is 53.8. The van der Waals surface area contributed by atoms with E-state index in [2.05, 4.69) is 42.5 Å². The molecule has 16 heteroatoms. The number of halogens is 1. The van der Waals surface area contributed by atoms with Crippen LogP contribution in [0.5, 0.6) is 0 Å². The third kappa shape index (κ3) is 5.82. The third-order valence-corrected chi connectivity index (χ3v) is 18.0. The highest BCUT2D eigenvalue weighted by molar-refractivity contribution is 8.14. The molecule has 9 fully saturated rings. The van der Waals surface area contributed by atoms with E-state index in [1.807, 2.05) is 0 Å². The van der Waals surface area contributed by atoms with Crippen LogP contribution in [0.4, 0.5) is 0 Å². The highest BCUT2D eigenvalue weighted by Gasteiger charge is 2.60. The molecule has 48 heavy (non-hydrogen) atoms. The van der Waals surface area contributed by atoms with Crippen LogP contribution in [0, 0.1) is 47.3 Å². The van der Waals surface area contributed by atoms with Gasteiger partial charge in [-0.15, -0.1) is 0 Å². The Balaban J connectivity index is 1.10. The van der Waals surface area contributed by atoms with Gasteiger partial charge in [-0.1, -0.05) is 38.5 Å². The summed E-state index contributed by atoms with van der Waals surface area (Å²) in [4.78, 5) is 0. The molecule has 0 amide bonds. The van der Waals surface area contributed by atoms with E-state index >= 15 is 0 Å². The van der Waals surface area contributed by atoms with E-state index in [1.165, 1.54) is 51.4 Å². The zero-order chi connectivity index (χ0) is 32.9. The molecule has 4 saturated carbocycles. The highest BCUT2D eigenvalue weighted by atomic mass is 35.7. The topological polar surface area (TPSA) is 185 Å². The van der Waals surface area contributed by atoms with E-state index in [-0.39, 0.29) is 55.5 Å². The number of fused-ring (bicyclic) bond motifs is 20. The molecule has 9 aliphatic rings. The maximum absolute atomic E-state index is 13.3. The summed E-state index contributed by atoms with van der Waals surface area (Å²) in [7, 11) is -2.85. The second kappa shape index (κ2) is 12.8. The molecule has 272 valence electrons. The Morgan fingerprint density at radius 1 is 0.417 bits per heavy atom. The number of rotatable bonds is 2. The lowest BCUT2D eigenvalue weighted by molar-refractivity contribution is 0.168. The summed E-state index contributed by atoms with van der Waals surface area (Å²) in [5.74, 6) is 2.02.